The monoisotopic (exact) mass is 284 g/mol. The van der Waals surface area contributed by atoms with Crippen molar-refractivity contribution in [2.24, 2.45) is 5.73 Å². The number of pyridine rings is 1. The molecule has 2 rings (SSSR count). The minimum Gasteiger partial charge on any atom is -0.336 e. The van der Waals surface area contributed by atoms with Crippen LogP contribution in [0.15, 0.2) is 21.7 Å². The topological polar surface area (TPSA) is 111 Å². The quantitative estimate of drug-likeness (QED) is 0.822. The molecule has 0 aliphatic heterocycles. The van der Waals surface area contributed by atoms with Gasteiger partial charge in [-0.1, -0.05) is 12.1 Å². The standard InChI is InChI=1S/C11H16N4O3S/c1-3-10-9-4-8(6-13-11(9)18-14-10)19(16,17)15-7(2)5-12/h4,6-7,15H,3,5,12H2,1-2H3/t7-/m1/s1. The number of aryl methyl sites for hydroxylation is 1. The molecule has 1 atom stereocenters. The Morgan fingerprint density at radius 3 is 2.89 bits per heavy atom. The van der Waals surface area contributed by atoms with Gasteiger partial charge in [0.05, 0.1) is 17.3 Å². The summed E-state index contributed by atoms with van der Waals surface area (Å²) in [5, 5.41) is 4.46. The summed E-state index contributed by atoms with van der Waals surface area (Å²) in [6.07, 6.45) is 1.89. The van der Waals surface area contributed by atoms with Crippen molar-refractivity contribution < 1.29 is 12.9 Å². The van der Waals surface area contributed by atoms with Gasteiger partial charge >= 0.3 is 0 Å². The summed E-state index contributed by atoms with van der Waals surface area (Å²) >= 11 is 0. The van der Waals surface area contributed by atoms with Gasteiger partial charge in [0.2, 0.25) is 10.0 Å². The Balaban J connectivity index is 2.45. The van der Waals surface area contributed by atoms with Crippen LogP contribution in [-0.4, -0.2) is 31.1 Å². The van der Waals surface area contributed by atoms with E-state index < -0.39 is 10.0 Å². The molecule has 7 nitrogen and oxygen atoms in total. The summed E-state index contributed by atoms with van der Waals surface area (Å²) in [4.78, 5) is 4.05. The summed E-state index contributed by atoms with van der Waals surface area (Å²) in [6.45, 7) is 3.83. The Labute approximate surface area is 111 Å². The van der Waals surface area contributed by atoms with Crippen molar-refractivity contribution in [3.05, 3.63) is 18.0 Å². The Morgan fingerprint density at radius 2 is 2.26 bits per heavy atom. The van der Waals surface area contributed by atoms with E-state index in [4.69, 9.17) is 10.3 Å². The third-order valence-electron chi connectivity index (χ3n) is 2.73. The normalized spacial score (nSPS) is 13.8. The van der Waals surface area contributed by atoms with Gasteiger partial charge in [0, 0.05) is 12.6 Å². The van der Waals surface area contributed by atoms with E-state index in [1.54, 1.807) is 6.92 Å². The SMILES string of the molecule is CCc1noc2ncc(S(=O)(=O)N[C@H](C)CN)cc12. The van der Waals surface area contributed by atoms with E-state index in [1.165, 1.54) is 12.3 Å². The number of fused-ring (bicyclic) bond motifs is 1. The van der Waals surface area contributed by atoms with Gasteiger partial charge in [0.15, 0.2) is 0 Å². The van der Waals surface area contributed by atoms with Crippen LogP contribution in [0, 0.1) is 0 Å². The first-order chi connectivity index (χ1) is 8.97. The van der Waals surface area contributed by atoms with Crippen LogP contribution < -0.4 is 10.5 Å². The highest BCUT2D eigenvalue weighted by Crippen LogP contribution is 2.20. The molecule has 2 aromatic rings. The van der Waals surface area contributed by atoms with Crippen molar-refractivity contribution in [3.8, 4) is 0 Å². The molecule has 2 heterocycles. The molecule has 0 spiro atoms. The van der Waals surface area contributed by atoms with Crippen molar-refractivity contribution in [1.29, 1.82) is 0 Å². The molecule has 0 saturated carbocycles. The molecule has 8 heteroatoms. The maximum absolute atomic E-state index is 12.1. The second-order valence-corrected chi connectivity index (χ2v) is 5.98. The predicted octanol–water partition coefficient (Wildman–Crippen LogP) is 0.411. The van der Waals surface area contributed by atoms with E-state index in [0.29, 0.717) is 23.2 Å². The smallest absolute Gasteiger partial charge is 0.258 e. The van der Waals surface area contributed by atoms with Crippen molar-refractivity contribution in [2.45, 2.75) is 31.2 Å². The van der Waals surface area contributed by atoms with Gasteiger partial charge in [0.1, 0.15) is 4.90 Å². The van der Waals surface area contributed by atoms with Crippen molar-refractivity contribution >= 4 is 21.1 Å². The molecular weight excluding hydrogens is 268 g/mol. The van der Waals surface area contributed by atoms with Crippen LogP contribution in [0.2, 0.25) is 0 Å². The fraction of sp³-hybridized carbons (Fsp3) is 0.455. The molecule has 104 valence electrons. The van der Waals surface area contributed by atoms with Gasteiger partial charge < -0.3 is 10.3 Å². The highest BCUT2D eigenvalue weighted by Gasteiger charge is 2.19. The number of nitrogens with zero attached hydrogens (tertiary/aromatic N) is 2. The molecule has 0 radical (unpaired) electrons. The first-order valence-corrected chi connectivity index (χ1v) is 7.43. The van der Waals surface area contributed by atoms with Gasteiger partial charge in [-0.25, -0.2) is 18.1 Å². The molecule has 19 heavy (non-hydrogen) atoms. The Kier molecular flexibility index (Phi) is 3.83. The lowest BCUT2D eigenvalue weighted by atomic mass is 10.2. The number of aromatic nitrogens is 2. The molecular formula is C11H16N4O3S. The molecule has 0 aliphatic rings. The molecule has 0 amide bonds. The van der Waals surface area contributed by atoms with Crippen LogP contribution in [-0.2, 0) is 16.4 Å². The van der Waals surface area contributed by atoms with Crippen LogP contribution in [0.1, 0.15) is 19.5 Å². The molecule has 0 aromatic carbocycles. The van der Waals surface area contributed by atoms with E-state index >= 15 is 0 Å². The number of nitrogens with one attached hydrogen (secondary N) is 1. The fourth-order valence-electron chi connectivity index (χ4n) is 1.64. The number of rotatable bonds is 5. The van der Waals surface area contributed by atoms with Crippen LogP contribution in [0.5, 0.6) is 0 Å². The maximum atomic E-state index is 12.1. The first kappa shape index (κ1) is 13.9. The van der Waals surface area contributed by atoms with E-state index in [1.807, 2.05) is 6.92 Å². The number of sulfonamides is 1. The number of nitrogens with two attached hydrogens (primary N) is 1. The van der Waals surface area contributed by atoms with Crippen molar-refractivity contribution in [3.63, 3.8) is 0 Å². The lowest BCUT2D eigenvalue weighted by molar-refractivity contribution is 0.439. The van der Waals surface area contributed by atoms with Gasteiger partial charge in [-0.2, -0.15) is 0 Å². The largest absolute Gasteiger partial charge is 0.336 e. The van der Waals surface area contributed by atoms with Gasteiger partial charge in [-0.15, -0.1) is 0 Å². The van der Waals surface area contributed by atoms with Crippen LogP contribution in [0.4, 0.5) is 0 Å². The lowest BCUT2D eigenvalue weighted by Crippen LogP contribution is -2.37. The molecule has 2 aromatic heterocycles. The zero-order chi connectivity index (χ0) is 14.0. The summed E-state index contributed by atoms with van der Waals surface area (Å²) < 4.78 is 31.7. The third-order valence-corrected chi connectivity index (χ3v) is 4.29. The van der Waals surface area contributed by atoms with E-state index in [9.17, 15) is 8.42 Å². The van der Waals surface area contributed by atoms with E-state index in [2.05, 4.69) is 14.9 Å². The minimum absolute atomic E-state index is 0.0817. The predicted molar refractivity (Wildman–Crippen MR) is 70.0 cm³/mol. The summed E-state index contributed by atoms with van der Waals surface area (Å²) in [7, 11) is -3.63. The molecule has 0 fully saturated rings. The number of hydrogen-bond acceptors (Lipinski definition) is 6. The Hall–Kier alpha value is -1.51. The van der Waals surface area contributed by atoms with Crippen molar-refractivity contribution in [1.82, 2.24) is 14.9 Å². The third kappa shape index (κ3) is 2.75. The molecule has 3 N–H and O–H groups in total. The summed E-state index contributed by atoms with van der Waals surface area (Å²) in [5.74, 6) is 0. The molecule has 0 unspecified atom stereocenters. The highest BCUT2D eigenvalue weighted by atomic mass is 32.2. The molecule has 0 aliphatic carbocycles. The summed E-state index contributed by atoms with van der Waals surface area (Å²) in [6, 6.07) is 1.18. The van der Waals surface area contributed by atoms with Crippen LogP contribution in [0.25, 0.3) is 11.1 Å². The van der Waals surface area contributed by atoms with Crippen molar-refractivity contribution in [2.75, 3.05) is 6.54 Å². The first-order valence-electron chi connectivity index (χ1n) is 5.94. The maximum Gasteiger partial charge on any atom is 0.258 e. The Bertz CT molecular complexity index is 680. The minimum atomic E-state index is -3.63. The van der Waals surface area contributed by atoms with Crippen LogP contribution >= 0.6 is 0 Å². The molecule has 0 saturated heterocycles. The van der Waals surface area contributed by atoms with E-state index in [0.717, 1.165) is 0 Å². The van der Waals surface area contributed by atoms with Gasteiger partial charge in [0.25, 0.3) is 5.71 Å². The van der Waals surface area contributed by atoms with Gasteiger partial charge in [-0.05, 0) is 19.4 Å². The zero-order valence-corrected chi connectivity index (χ0v) is 11.6. The average Bonchev–Trinajstić information content (AvgIpc) is 2.80. The second-order valence-electron chi connectivity index (χ2n) is 4.26. The number of hydrogen-bond donors (Lipinski definition) is 2. The second kappa shape index (κ2) is 5.24. The van der Waals surface area contributed by atoms with Crippen LogP contribution in [0.3, 0.4) is 0 Å². The molecule has 0 bridgehead atoms. The highest BCUT2D eigenvalue weighted by molar-refractivity contribution is 7.89. The average molecular weight is 284 g/mol. The summed E-state index contributed by atoms with van der Waals surface area (Å²) in [5.41, 5.74) is 6.43. The Morgan fingerprint density at radius 1 is 1.53 bits per heavy atom. The van der Waals surface area contributed by atoms with Gasteiger partial charge in [-0.3, -0.25) is 0 Å². The fourth-order valence-corrected chi connectivity index (χ4v) is 2.87. The zero-order valence-electron chi connectivity index (χ0n) is 10.8. The lowest BCUT2D eigenvalue weighted by Gasteiger charge is -2.11. The van der Waals surface area contributed by atoms with E-state index in [-0.39, 0.29) is 17.5 Å².